The van der Waals surface area contributed by atoms with E-state index in [-0.39, 0.29) is 24.1 Å². The van der Waals surface area contributed by atoms with Gasteiger partial charge in [0.1, 0.15) is 0 Å². The van der Waals surface area contributed by atoms with Gasteiger partial charge in [0, 0.05) is 35.6 Å². The number of anilines is 3. The first-order valence-electron chi connectivity index (χ1n) is 10.1. The highest BCUT2D eigenvalue weighted by molar-refractivity contribution is 6.05. The molecular formula is C25H23N3O3. The van der Waals surface area contributed by atoms with Gasteiger partial charge < -0.3 is 15.5 Å². The molecule has 1 unspecified atom stereocenters. The van der Waals surface area contributed by atoms with E-state index in [2.05, 4.69) is 10.6 Å². The molecule has 3 amide bonds. The molecule has 0 bridgehead atoms. The topological polar surface area (TPSA) is 78.5 Å². The summed E-state index contributed by atoms with van der Waals surface area (Å²) in [5, 5.41) is 5.70. The van der Waals surface area contributed by atoms with E-state index in [4.69, 9.17) is 0 Å². The SMILES string of the molecule is Cc1ccc(NC(=O)c2ccc(NC(=O)C3CC(=O)N(c4ccccc4)C3)cc2)cc1. The lowest BCUT2D eigenvalue weighted by Crippen LogP contribution is -2.28. The van der Waals surface area contributed by atoms with Crippen molar-refractivity contribution in [2.24, 2.45) is 5.92 Å². The Bertz CT molecular complexity index is 1090. The molecule has 0 aliphatic carbocycles. The minimum absolute atomic E-state index is 0.0607. The Morgan fingerprint density at radius 1 is 0.839 bits per heavy atom. The van der Waals surface area contributed by atoms with Crippen molar-refractivity contribution in [1.29, 1.82) is 0 Å². The maximum atomic E-state index is 12.7. The number of para-hydroxylation sites is 1. The Balaban J connectivity index is 1.35. The molecule has 1 aliphatic heterocycles. The number of aryl methyl sites for hydroxylation is 1. The largest absolute Gasteiger partial charge is 0.326 e. The molecule has 6 nitrogen and oxygen atoms in total. The highest BCUT2D eigenvalue weighted by Crippen LogP contribution is 2.26. The zero-order valence-electron chi connectivity index (χ0n) is 17.2. The molecule has 3 aromatic rings. The lowest BCUT2D eigenvalue weighted by atomic mass is 10.1. The molecule has 0 saturated carbocycles. The summed E-state index contributed by atoms with van der Waals surface area (Å²) < 4.78 is 0. The molecule has 0 spiro atoms. The van der Waals surface area contributed by atoms with E-state index >= 15 is 0 Å². The van der Waals surface area contributed by atoms with Crippen LogP contribution in [-0.4, -0.2) is 24.3 Å². The zero-order valence-corrected chi connectivity index (χ0v) is 17.2. The van der Waals surface area contributed by atoms with Crippen molar-refractivity contribution in [3.05, 3.63) is 90.0 Å². The van der Waals surface area contributed by atoms with Crippen LogP contribution in [0.15, 0.2) is 78.9 Å². The summed E-state index contributed by atoms with van der Waals surface area (Å²) in [6.45, 7) is 2.34. The van der Waals surface area contributed by atoms with Crippen molar-refractivity contribution in [3.8, 4) is 0 Å². The monoisotopic (exact) mass is 413 g/mol. The third-order valence-corrected chi connectivity index (χ3v) is 5.29. The minimum atomic E-state index is -0.419. The number of hydrogen-bond donors (Lipinski definition) is 2. The Labute approximate surface area is 180 Å². The highest BCUT2D eigenvalue weighted by Gasteiger charge is 2.35. The van der Waals surface area contributed by atoms with Gasteiger partial charge in [0.25, 0.3) is 5.91 Å². The highest BCUT2D eigenvalue weighted by atomic mass is 16.2. The minimum Gasteiger partial charge on any atom is -0.326 e. The normalized spacial score (nSPS) is 15.6. The van der Waals surface area contributed by atoms with E-state index < -0.39 is 5.92 Å². The molecule has 1 aliphatic rings. The van der Waals surface area contributed by atoms with Crippen molar-refractivity contribution in [3.63, 3.8) is 0 Å². The summed E-state index contributed by atoms with van der Waals surface area (Å²) in [5.41, 5.74) is 3.72. The zero-order chi connectivity index (χ0) is 21.8. The van der Waals surface area contributed by atoms with Gasteiger partial charge in [0.2, 0.25) is 11.8 Å². The van der Waals surface area contributed by atoms with E-state index in [1.807, 2.05) is 61.5 Å². The Morgan fingerprint density at radius 2 is 1.45 bits per heavy atom. The number of nitrogens with zero attached hydrogens (tertiary/aromatic N) is 1. The lowest BCUT2D eigenvalue weighted by Gasteiger charge is -2.16. The average Bonchev–Trinajstić information content (AvgIpc) is 3.18. The average molecular weight is 413 g/mol. The van der Waals surface area contributed by atoms with Crippen LogP contribution < -0.4 is 15.5 Å². The first-order valence-corrected chi connectivity index (χ1v) is 10.1. The second-order valence-electron chi connectivity index (χ2n) is 7.63. The maximum Gasteiger partial charge on any atom is 0.255 e. The quantitative estimate of drug-likeness (QED) is 0.657. The maximum absolute atomic E-state index is 12.7. The Hall–Kier alpha value is -3.93. The fourth-order valence-electron chi connectivity index (χ4n) is 3.53. The number of carbonyl (C=O) groups excluding carboxylic acids is 3. The molecule has 0 aromatic heterocycles. The van der Waals surface area contributed by atoms with Gasteiger partial charge >= 0.3 is 0 Å². The molecule has 1 atom stereocenters. The van der Waals surface area contributed by atoms with E-state index in [0.717, 1.165) is 16.9 Å². The molecule has 156 valence electrons. The lowest BCUT2D eigenvalue weighted by molar-refractivity contribution is -0.122. The number of amides is 3. The molecule has 4 rings (SSSR count). The predicted molar refractivity (Wildman–Crippen MR) is 121 cm³/mol. The summed E-state index contributed by atoms with van der Waals surface area (Å²) in [7, 11) is 0. The van der Waals surface area contributed by atoms with E-state index in [9.17, 15) is 14.4 Å². The smallest absolute Gasteiger partial charge is 0.255 e. The number of carbonyl (C=O) groups is 3. The number of benzene rings is 3. The van der Waals surface area contributed by atoms with Crippen LogP contribution in [-0.2, 0) is 9.59 Å². The van der Waals surface area contributed by atoms with Crippen LogP contribution in [0.4, 0.5) is 17.1 Å². The second kappa shape index (κ2) is 8.83. The molecule has 1 fully saturated rings. The van der Waals surface area contributed by atoms with Crippen LogP contribution >= 0.6 is 0 Å². The van der Waals surface area contributed by atoms with Crippen LogP contribution in [0.1, 0.15) is 22.3 Å². The van der Waals surface area contributed by atoms with Gasteiger partial charge in [-0.1, -0.05) is 35.9 Å². The number of hydrogen-bond acceptors (Lipinski definition) is 3. The molecule has 1 heterocycles. The number of rotatable bonds is 5. The van der Waals surface area contributed by atoms with Gasteiger partial charge in [-0.3, -0.25) is 14.4 Å². The van der Waals surface area contributed by atoms with Crippen molar-refractivity contribution < 1.29 is 14.4 Å². The van der Waals surface area contributed by atoms with Crippen LogP contribution in [0.5, 0.6) is 0 Å². The Morgan fingerprint density at radius 3 is 2.13 bits per heavy atom. The van der Waals surface area contributed by atoms with Crippen LogP contribution in [0, 0.1) is 12.8 Å². The van der Waals surface area contributed by atoms with Crippen molar-refractivity contribution in [2.75, 3.05) is 22.1 Å². The van der Waals surface area contributed by atoms with Crippen molar-refractivity contribution >= 4 is 34.8 Å². The van der Waals surface area contributed by atoms with Crippen LogP contribution in [0.25, 0.3) is 0 Å². The van der Waals surface area contributed by atoms with Gasteiger partial charge in [0.05, 0.1) is 5.92 Å². The molecule has 0 radical (unpaired) electrons. The molecule has 2 N–H and O–H groups in total. The molecular weight excluding hydrogens is 390 g/mol. The first-order chi connectivity index (χ1) is 15.0. The van der Waals surface area contributed by atoms with Gasteiger partial charge in [-0.25, -0.2) is 0 Å². The fourth-order valence-corrected chi connectivity index (χ4v) is 3.53. The molecule has 6 heteroatoms. The van der Waals surface area contributed by atoms with Gasteiger partial charge in [-0.2, -0.15) is 0 Å². The second-order valence-corrected chi connectivity index (χ2v) is 7.63. The third-order valence-electron chi connectivity index (χ3n) is 5.29. The van der Waals surface area contributed by atoms with E-state index in [1.165, 1.54) is 0 Å². The van der Waals surface area contributed by atoms with Gasteiger partial charge in [-0.15, -0.1) is 0 Å². The Kier molecular flexibility index (Phi) is 5.80. The van der Waals surface area contributed by atoms with E-state index in [0.29, 0.717) is 17.8 Å². The summed E-state index contributed by atoms with van der Waals surface area (Å²) in [6.07, 6.45) is 0.178. The van der Waals surface area contributed by atoms with Gasteiger partial charge in [0.15, 0.2) is 0 Å². The third kappa shape index (κ3) is 4.80. The fraction of sp³-hybridized carbons (Fsp3) is 0.160. The van der Waals surface area contributed by atoms with Crippen molar-refractivity contribution in [1.82, 2.24) is 0 Å². The van der Waals surface area contributed by atoms with Crippen LogP contribution in [0.3, 0.4) is 0 Å². The van der Waals surface area contributed by atoms with E-state index in [1.54, 1.807) is 29.2 Å². The first kappa shape index (κ1) is 20.3. The molecule has 31 heavy (non-hydrogen) atoms. The standard InChI is InChI=1S/C25H23N3O3/c1-17-7-11-20(12-8-17)26-24(30)18-9-13-21(14-10-18)27-25(31)19-15-23(29)28(16-19)22-5-3-2-4-6-22/h2-14,19H,15-16H2,1H3,(H,26,30)(H,27,31). The van der Waals surface area contributed by atoms with Gasteiger partial charge in [-0.05, 0) is 55.5 Å². The summed E-state index contributed by atoms with van der Waals surface area (Å²) >= 11 is 0. The van der Waals surface area contributed by atoms with Crippen molar-refractivity contribution in [2.45, 2.75) is 13.3 Å². The summed E-state index contributed by atoms with van der Waals surface area (Å²) in [5.74, 6) is -0.906. The van der Waals surface area contributed by atoms with Crippen LogP contribution in [0.2, 0.25) is 0 Å². The molecule has 1 saturated heterocycles. The summed E-state index contributed by atoms with van der Waals surface area (Å²) in [4.78, 5) is 39.0. The predicted octanol–water partition coefficient (Wildman–Crippen LogP) is 4.24. The molecule has 3 aromatic carbocycles. The summed E-state index contributed by atoms with van der Waals surface area (Å²) in [6, 6.07) is 23.6. The number of nitrogens with one attached hydrogen (secondary N) is 2.